The third kappa shape index (κ3) is 10.3. The molecule has 0 N–H and O–H groups in total. The van der Waals surface area contributed by atoms with Gasteiger partial charge in [0, 0.05) is 12.4 Å². The molecule has 6 heteroatoms. The molecule has 0 aliphatic carbocycles. The van der Waals surface area contributed by atoms with Crippen LogP contribution in [0.1, 0.15) is 20.3 Å². The van der Waals surface area contributed by atoms with Gasteiger partial charge in [0.15, 0.2) is 6.10 Å². The van der Waals surface area contributed by atoms with E-state index in [1.165, 1.54) is 0 Å². The van der Waals surface area contributed by atoms with Crippen LogP contribution in [0.5, 0.6) is 0 Å². The summed E-state index contributed by atoms with van der Waals surface area (Å²) in [5.41, 5.74) is 0. The second-order valence-corrected chi connectivity index (χ2v) is 5.26. The zero-order valence-electron chi connectivity index (χ0n) is 11.1. The summed E-state index contributed by atoms with van der Waals surface area (Å²) in [6.45, 7) is 3.88. The number of hydrogen-bond acceptors (Lipinski definition) is 4. The summed E-state index contributed by atoms with van der Waals surface area (Å²) in [6, 6.07) is 0. The number of carbonyl (C=O) groups is 2. The van der Waals surface area contributed by atoms with Gasteiger partial charge < -0.3 is 19.1 Å². The van der Waals surface area contributed by atoms with Crippen LogP contribution in [0.2, 0.25) is 0 Å². The predicted octanol–water partition coefficient (Wildman–Crippen LogP) is -0.0217. The Bertz CT molecular complexity index is 261. The van der Waals surface area contributed by atoms with Crippen molar-refractivity contribution in [2.24, 2.45) is 5.92 Å². The molecular weight excluding hydrogens is 290 g/mol. The maximum atomic E-state index is 11.4. The molecule has 0 aliphatic rings. The highest BCUT2D eigenvalue weighted by Crippen LogP contribution is 2.07. The summed E-state index contributed by atoms with van der Waals surface area (Å²) in [5.74, 6) is -1.83. The van der Waals surface area contributed by atoms with E-state index in [2.05, 4.69) is 0 Å². The number of nitrogens with zero attached hydrogens (tertiary/aromatic N) is 1. The lowest BCUT2D eigenvalue weighted by Gasteiger charge is -2.29. The average Bonchev–Trinajstić information content (AvgIpc) is 1.98. The van der Waals surface area contributed by atoms with E-state index in [1.54, 1.807) is 13.8 Å². The number of hydrogen-bond donors (Lipinski definition) is 0. The van der Waals surface area contributed by atoms with E-state index in [0.717, 1.165) is 0 Å². The number of aliphatic carboxylic acids is 1. The number of ether oxygens (including phenoxy) is 1. The molecule has 0 unspecified atom stereocenters. The molecule has 0 bridgehead atoms. The van der Waals surface area contributed by atoms with E-state index >= 15 is 0 Å². The van der Waals surface area contributed by atoms with E-state index < -0.39 is 12.1 Å². The maximum Gasteiger partial charge on any atom is 0.308 e. The third-order valence-electron chi connectivity index (χ3n) is 1.90. The standard InChI is InChI=1S/C11H21NO4.BrH/c1-8(2)11(15)16-9(6-10(13)14)7-12(3,4)5;/h8-9H,6-7H2,1-5H3;1H/t9-;/m1./s1. The smallest absolute Gasteiger partial charge is 0.308 e. The fraction of sp³-hybridized carbons (Fsp3) is 0.818. The van der Waals surface area contributed by atoms with Crippen molar-refractivity contribution in [2.45, 2.75) is 26.4 Å². The molecule has 0 aromatic carbocycles. The molecule has 0 spiro atoms. The van der Waals surface area contributed by atoms with E-state index in [0.29, 0.717) is 11.0 Å². The Kier molecular flexibility index (Phi) is 8.44. The van der Waals surface area contributed by atoms with Crippen molar-refractivity contribution in [1.82, 2.24) is 0 Å². The van der Waals surface area contributed by atoms with Crippen molar-refractivity contribution < 1.29 is 23.9 Å². The van der Waals surface area contributed by atoms with Gasteiger partial charge in [-0.3, -0.25) is 4.79 Å². The molecule has 5 nitrogen and oxygen atoms in total. The Balaban J connectivity index is 0. The Morgan fingerprint density at radius 2 is 1.71 bits per heavy atom. The van der Waals surface area contributed by atoms with Crippen molar-refractivity contribution in [3.63, 3.8) is 0 Å². The highest BCUT2D eigenvalue weighted by Gasteiger charge is 2.23. The number of carboxylic acids is 1. The first kappa shape index (κ1) is 18.7. The number of rotatable bonds is 6. The Labute approximate surface area is 113 Å². The summed E-state index contributed by atoms with van der Waals surface area (Å²) in [4.78, 5) is 21.9. The van der Waals surface area contributed by atoms with Gasteiger partial charge in [0.1, 0.15) is 6.54 Å². The van der Waals surface area contributed by atoms with Crippen LogP contribution in [-0.4, -0.2) is 50.2 Å². The largest absolute Gasteiger partial charge is 0.550 e. The first-order chi connectivity index (χ1) is 7.11. The summed E-state index contributed by atoms with van der Waals surface area (Å²) in [6.07, 6.45) is -0.881. The minimum Gasteiger partial charge on any atom is -0.550 e. The van der Waals surface area contributed by atoms with Crippen molar-refractivity contribution in [1.29, 1.82) is 0 Å². The second kappa shape index (κ2) is 7.66. The van der Waals surface area contributed by atoms with Crippen LogP contribution in [0.25, 0.3) is 0 Å². The van der Waals surface area contributed by atoms with Crippen molar-refractivity contribution >= 4 is 28.9 Å². The molecule has 0 fully saturated rings. The van der Waals surface area contributed by atoms with E-state index in [-0.39, 0.29) is 35.3 Å². The molecular formula is C11H22BrNO4. The lowest BCUT2D eigenvalue weighted by molar-refractivity contribution is -0.873. The number of halogens is 1. The topological polar surface area (TPSA) is 66.4 Å². The van der Waals surface area contributed by atoms with Crippen LogP contribution < -0.4 is 5.11 Å². The van der Waals surface area contributed by atoms with Gasteiger partial charge in [0.05, 0.1) is 27.1 Å². The molecule has 0 rings (SSSR count). The molecule has 0 heterocycles. The van der Waals surface area contributed by atoms with Gasteiger partial charge in [-0.2, -0.15) is 0 Å². The van der Waals surface area contributed by atoms with Crippen molar-refractivity contribution in [3.8, 4) is 0 Å². The van der Waals surface area contributed by atoms with Gasteiger partial charge in [0.25, 0.3) is 0 Å². The Morgan fingerprint density at radius 1 is 1.24 bits per heavy atom. The fourth-order valence-electron chi connectivity index (χ4n) is 1.24. The Hall–Kier alpha value is -0.620. The quantitative estimate of drug-likeness (QED) is 0.511. The highest BCUT2D eigenvalue weighted by molar-refractivity contribution is 8.93. The van der Waals surface area contributed by atoms with Gasteiger partial charge >= 0.3 is 5.97 Å². The molecule has 0 aromatic heterocycles. The number of quaternary nitrogens is 1. The van der Waals surface area contributed by atoms with Crippen LogP contribution >= 0.6 is 17.0 Å². The zero-order chi connectivity index (χ0) is 12.9. The number of carboxylic acid groups (broad SMARTS) is 1. The molecule has 102 valence electrons. The molecule has 0 amide bonds. The van der Waals surface area contributed by atoms with Crippen molar-refractivity contribution in [2.75, 3.05) is 27.7 Å². The van der Waals surface area contributed by atoms with Gasteiger partial charge in [-0.05, 0) is 0 Å². The summed E-state index contributed by atoms with van der Waals surface area (Å²) < 4.78 is 5.65. The number of likely N-dealkylation sites (N-methyl/N-ethyl adjacent to an activating group) is 1. The summed E-state index contributed by atoms with van der Waals surface area (Å²) in [7, 11) is 5.72. The SMILES string of the molecule is Br.CC(C)C(=O)O[C@H](CC(=O)[O-])C[N+](C)(C)C. The lowest BCUT2D eigenvalue weighted by Crippen LogP contribution is -2.45. The lowest BCUT2D eigenvalue weighted by atomic mass is 10.2. The van der Waals surface area contributed by atoms with Crippen LogP contribution in [0.3, 0.4) is 0 Å². The fourth-order valence-corrected chi connectivity index (χ4v) is 1.24. The molecule has 17 heavy (non-hydrogen) atoms. The first-order valence-corrected chi connectivity index (χ1v) is 5.32. The Morgan fingerprint density at radius 3 is 2.00 bits per heavy atom. The predicted molar refractivity (Wildman–Crippen MR) is 67.6 cm³/mol. The summed E-state index contributed by atoms with van der Waals surface area (Å²) in [5, 5.41) is 10.5. The van der Waals surface area contributed by atoms with Crippen molar-refractivity contribution in [3.05, 3.63) is 0 Å². The van der Waals surface area contributed by atoms with Crippen LogP contribution in [0.4, 0.5) is 0 Å². The molecule has 0 saturated heterocycles. The molecule has 1 atom stereocenters. The first-order valence-electron chi connectivity index (χ1n) is 5.32. The van der Waals surface area contributed by atoms with Gasteiger partial charge in [-0.25, -0.2) is 0 Å². The van der Waals surface area contributed by atoms with E-state index in [1.807, 2.05) is 21.1 Å². The zero-order valence-corrected chi connectivity index (χ0v) is 12.8. The van der Waals surface area contributed by atoms with Gasteiger partial charge in [-0.1, -0.05) is 13.8 Å². The summed E-state index contributed by atoms with van der Waals surface area (Å²) >= 11 is 0. The average molecular weight is 312 g/mol. The monoisotopic (exact) mass is 311 g/mol. The van der Waals surface area contributed by atoms with Crippen LogP contribution in [0.15, 0.2) is 0 Å². The number of esters is 1. The minimum atomic E-state index is -1.20. The molecule has 0 saturated carbocycles. The minimum absolute atomic E-state index is 0. The molecule has 0 aromatic rings. The normalized spacial score (nSPS) is 12.8. The highest BCUT2D eigenvalue weighted by atomic mass is 79.9. The third-order valence-corrected chi connectivity index (χ3v) is 1.90. The van der Waals surface area contributed by atoms with E-state index in [4.69, 9.17) is 4.74 Å². The van der Waals surface area contributed by atoms with Crippen LogP contribution in [-0.2, 0) is 14.3 Å². The van der Waals surface area contributed by atoms with Crippen LogP contribution in [0, 0.1) is 5.92 Å². The van der Waals surface area contributed by atoms with Gasteiger partial charge in [0.2, 0.25) is 0 Å². The molecule has 0 radical (unpaired) electrons. The van der Waals surface area contributed by atoms with E-state index in [9.17, 15) is 14.7 Å². The van der Waals surface area contributed by atoms with Gasteiger partial charge in [-0.15, -0.1) is 17.0 Å². The second-order valence-electron chi connectivity index (χ2n) is 5.26. The number of carbonyl (C=O) groups excluding carboxylic acids is 2. The molecule has 0 aliphatic heterocycles. The maximum absolute atomic E-state index is 11.4.